The number of benzene rings is 1. The Bertz CT molecular complexity index is 728. The molecule has 1 heterocycles. The zero-order chi connectivity index (χ0) is 15.6. The number of rotatable bonds is 5. The van der Waals surface area contributed by atoms with E-state index in [0.717, 1.165) is 4.88 Å². The summed E-state index contributed by atoms with van der Waals surface area (Å²) in [5.41, 5.74) is 5.96. The van der Waals surface area contributed by atoms with E-state index in [1.54, 1.807) is 0 Å². The van der Waals surface area contributed by atoms with Gasteiger partial charge in [0, 0.05) is 30.6 Å². The van der Waals surface area contributed by atoms with Crippen molar-refractivity contribution >= 4 is 21.4 Å². The van der Waals surface area contributed by atoms with Crippen molar-refractivity contribution in [2.75, 3.05) is 7.05 Å². The molecule has 0 fully saturated rings. The quantitative estimate of drug-likeness (QED) is 0.917. The molecule has 2 N–H and O–H groups in total. The van der Waals surface area contributed by atoms with Crippen LogP contribution in [0.3, 0.4) is 0 Å². The van der Waals surface area contributed by atoms with Gasteiger partial charge in [0.15, 0.2) is 0 Å². The molecule has 21 heavy (non-hydrogen) atoms. The molecule has 0 aliphatic rings. The molecule has 0 atom stereocenters. The third-order valence-corrected chi connectivity index (χ3v) is 5.83. The Morgan fingerprint density at radius 1 is 1.38 bits per heavy atom. The highest BCUT2D eigenvalue weighted by Gasteiger charge is 2.23. The van der Waals surface area contributed by atoms with Crippen molar-refractivity contribution in [3.8, 4) is 0 Å². The van der Waals surface area contributed by atoms with Gasteiger partial charge in [-0.25, -0.2) is 12.8 Å². The van der Waals surface area contributed by atoms with Gasteiger partial charge in [-0.1, -0.05) is 6.07 Å². The maximum Gasteiger partial charge on any atom is 0.243 e. The summed E-state index contributed by atoms with van der Waals surface area (Å²) < 4.78 is 40.2. The van der Waals surface area contributed by atoms with Crippen LogP contribution in [0.2, 0.25) is 0 Å². The van der Waals surface area contributed by atoms with E-state index in [1.807, 2.05) is 17.5 Å². The van der Waals surface area contributed by atoms with Gasteiger partial charge in [-0.05, 0) is 36.1 Å². The van der Waals surface area contributed by atoms with Crippen LogP contribution in [0.4, 0.5) is 4.39 Å². The zero-order valence-corrected chi connectivity index (χ0v) is 13.5. The van der Waals surface area contributed by atoms with Crippen molar-refractivity contribution in [1.29, 1.82) is 0 Å². The highest BCUT2D eigenvalue weighted by molar-refractivity contribution is 7.89. The number of thiophene rings is 1. The van der Waals surface area contributed by atoms with Crippen LogP contribution in [-0.4, -0.2) is 19.8 Å². The summed E-state index contributed by atoms with van der Waals surface area (Å²) in [7, 11) is -2.16. The highest BCUT2D eigenvalue weighted by Crippen LogP contribution is 2.23. The zero-order valence-electron chi connectivity index (χ0n) is 11.8. The molecule has 2 aromatic rings. The first-order valence-electron chi connectivity index (χ1n) is 6.34. The summed E-state index contributed by atoms with van der Waals surface area (Å²) in [4.78, 5) is 1.01. The lowest BCUT2D eigenvalue weighted by atomic mass is 10.1. The van der Waals surface area contributed by atoms with Gasteiger partial charge >= 0.3 is 0 Å². The molecule has 0 aliphatic heterocycles. The van der Waals surface area contributed by atoms with Gasteiger partial charge in [0.25, 0.3) is 0 Å². The summed E-state index contributed by atoms with van der Waals surface area (Å²) in [6.45, 7) is 1.78. The topological polar surface area (TPSA) is 63.4 Å². The first-order valence-corrected chi connectivity index (χ1v) is 8.66. The molecular formula is C14H17FN2O2S2. The van der Waals surface area contributed by atoms with E-state index in [-0.39, 0.29) is 29.1 Å². The SMILES string of the molecule is Cc1cc(S(=O)(=O)N(C)Cc2cccs2)cc(CN)c1F. The molecular weight excluding hydrogens is 311 g/mol. The Labute approximate surface area is 128 Å². The summed E-state index contributed by atoms with van der Waals surface area (Å²) in [5, 5.41) is 1.89. The molecule has 0 amide bonds. The number of sulfonamides is 1. The minimum atomic E-state index is -3.67. The van der Waals surface area contributed by atoms with Gasteiger partial charge in [0.2, 0.25) is 10.0 Å². The molecule has 0 bridgehead atoms. The van der Waals surface area contributed by atoms with Gasteiger partial charge < -0.3 is 5.73 Å². The normalized spacial score (nSPS) is 12.0. The summed E-state index contributed by atoms with van der Waals surface area (Å²) in [5.74, 6) is -0.447. The Hall–Kier alpha value is -1.28. The van der Waals surface area contributed by atoms with Crippen molar-refractivity contribution in [3.05, 3.63) is 51.5 Å². The Balaban J connectivity index is 2.37. The predicted molar refractivity (Wildman–Crippen MR) is 82.0 cm³/mol. The van der Waals surface area contributed by atoms with Gasteiger partial charge in [-0.3, -0.25) is 0 Å². The molecule has 2 rings (SSSR count). The second kappa shape index (κ2) is 6.23. The van der Waals surface area contributed by atoms with Crippen LogP contribution in [0, 0.1) is 12.7 Å². The number of hydrogen-bond donors (Lipinski definition) is 1. The van der Waals surface area contributed by atoms with E-state index < -0.39 is 15.8 Å². The van der Waals surface area contributed by atoms with Crippen LogP contribution in [-0.2, 0) is 23.1 Å². The van der Waals surface area contributed by atoms with E-state index >= 15 is 0 Å². The van der Waals surface area contributed by atoms with E-state index in [0.29, 0.717) is 0 Å². The second-order valence-electron chi connectivity index (χ2n) is 4.76. The lowest BCUT2D eigenvalue weighted by Gasteiger charge is -2.17. The average molecular weight is 328 g/mol. The highest BCUT2D eigenvalue weighted by atomic mass is 32.2. The third kappa shape index (κ3) is 3.32. The third-order valence-electron chi connectivity index (χ3n) is 3.19. The van der Waals surface area contributed by atoms with Crippen LogP contribution in [0.5, 0.6) is 0 Å². The maximum atomic E-state index is 13.8. The number of aryl methyl sites for hydroxylation is 1. The van der Waals surface area contributed by atoms with Crippen molar-refractivity contribution in [1.82, 2.24) is 4.31 Å². The summed E-state index contributed by atoms with van der Waals surface area (Å²) in [6.07, 6.45) is 0. The molecule has 0 saturated heterocycles. The van der Waals surface area contributed by atoms with Crippen molar-refractivity contribution < 1.29 is 12.8 Å². The molecule has 0 radical (unpaired) electrons. The van der Waals surface area contributed by atoms with Crippen molar-refractivity contribution in [3.63, 3.8) is 0 Å². The van der Waals surface area contributed by atoms with E-state index in [2.05, 4.69) is 0 Å². The van der Waals surface area contributed by atoms with E-state index in [1.165, 1.54) is 41.7 Å². The maximum absolute atomic E-state index is 13.8. The molecule has 0 saturated carbocycles. The molecule has 1 aromatic carbocycles. The molecule has 0 aliphatic carbocycles. The first kappa shape index (κ1) is 16.1. The second-order valence-corrected chi connectivity index (χ2v) is 7.83. The molecule has 0 unspecified atom stereocenters. The monoisotopic (exact) mass is 328 g/mol. The Morgan fingerprint density at radius 2 is 2.10 bits per heavy atom. The average Bonchev–Trinajstić information content (AvgIpc) is 2.94. The van der Waals surface area contributed by atoms with E-state index in [4.69, 9.17) is 5.73 Å². The van der Waals surface area contributed by atoms with E-state index in [9.17, 15) is 12.8 Å². The molecule has 1 aromatic heterocycles. The standard InChI is InChI=1S/C14H17FN2O2S2/c1-10-6-13(7-11(8-16)14(10)15)21(18,19)17(2)9-12-4-3-5-20-12/h3-7H,8-9,16H2,1-2H3. The lowest BCUT2D eigenvalue weighted by Crippen LogP contribution is -2.26. The van der Waals surface area contributed by atoms with Crippen LogP contribution in [0.1, 0.15) is 16.0 Å². The Morgan fingerprint density at radius 3 is 2.67 bits per heavy atom. The van der Waals surface area contributed by atoms with Crippen molar-refractivity contribution in [2.45, 2.75) is 24.9 Å². The fraction of sp³-hybridized carbons (Fsp3) is 0.286. The van der Waals surface area contributed by atoms with Crippen LogP contribution in [0.25, 0.3) is 0 Å². The summed E-state index contributed by atoms with van der Waals surface area (Å²) in [6, 6.07) is 6.39. The molecule has 7 heteroatoms. The minimum absolute atomic E-state index is 0.0370. The van der Waals surface area contributed by atoms with Gasteiger partial charge in [0.05, 0.1) is 4.90 Å². The largest absolute Gasteiger partial charge is 0.326 e. The lowest BCUT2D eigenvalue weighted by molar-refractivity contribution is 0.469. The molecule has 114 valence electrons. The molecule has 4 nitrogen and oxygen atoms in total. The smallest absolute Gasteiger partial charge is 0.243 e. The first-order chi connectivity index (χ1) is 9.86. The fourth-order valence-corrected chi connectivity index (χ4v) is 4.12. The van der Waals surface area contributed by atoms with Crippen LogP contribution >= 0.6 is 11.3 Å². The Kier molecular flexibility index (Phi) is 4.77. The minimum Gasteiger partial charge on any atom is -0.326 e. The van der Waals surface area contributed by atoms with Gasteiger partial charge in [-0.2, -0.15) is 4.31 Å². The number of nitrogens with zero attached hydrogens (tertiary/aromatic N) is 1. The van der Waals surface area contributed by atoms with Crippen LogP contribution in [0.15, 0.2) is 34.5 Å². The van der Waals surface area contributed by atoms with Gasteiger partial charge in [0.1, 0.15) is 5.82 Å². The van der Waals surface area contributed by atoms with Gasteiger partial charge in [-0.15, -0.1) is 11.3 Å². The number of nitrogens with two attached hydrogens (primary N) is 1. The van der Waals surface area contributed by atoms with Crippen molar-refractivity contribution in [2.24, 2.45) is 5.73 Å². The van der Waals surface area contributed by atoms with Crippen LogP contribution < -0.4 is 5.73 Å². The fourth-order valence-electron chi connectivity index (χ4n) is 1.99. The summed E-state index contributed by atoms with van der Waals surface area (Å²) >= 11 is 1.49. The predicted octanol–water partition coefficient (Wildman–Crippen LogP) is 2.48. The number of hydrogen-bond acceptors (Lipinski definition) is 4. The number of halogens is 1. The molecule has 0 spiro atoms.